The number of rotatable bonds is 5. The molecule has 0 unspecified atom stereocenters. The van der Waals surface area contributed by atoms with Crippen LogP contribution in [0.1, 0.15) is 11.1 Å². The van der Waals surface area contributed by atoms with Crippen LogP contribution in [0.4, 0.5) is 5.69 Å². The van der Waals surface area contributed by atoms with Gasteiger partial charge >= 0.3 is 5.69 Å². The van der Waals surface area contributed by atoms with E-state index in [1.54, 1.807) is 18.2 Å². The zero-order valence-electron chi connectivity index (χ0n) is 10.7. The predicted octanol–water partition coefficient (Wildman–Crippen LogP) is 1.13. The van der Waals surface area contributed by atoms with Crippen LogP contribution in [0.25, 0.3) is 0 Å². The lowest BCUT2D eigenvalue weighted by atomic mass is 10.1. The molecule has 20 heavy (non-hydrogen) atoms. The van der Waals surface area contributed by atoms with E-state index in [4.69, 9.17) is 15.9 Å². The van der Waals surface area contributed by atoms with Gasteiger partial charge in [0.2, 0.25) is 0 Å². The van der Waals surface area contributed by atoms with E-state index in [0.717, 1.165) is 5.56 Å². The summed E-state index contributed by atoms with van der Waals surface area (Å²) in [5, 5.41) is 21.9. The number of nitro groups is 1. The Morgan fingerprint density at radius 1 is 1.60 bits per heavy atom. The molecule has 1 aromatic heterocycles. The smallest absolute Gasteiger partial charge is 0.307 e. The van der Waals surface area contributed by atoms with Crippen LogP contribution in [0.5, 0.6) is 5.75 Å². The van der Waals surface area contributed by atoms with Gasteiger partial charge < -0.3 is 10.5 Å². The summed E-state index contributed by atoms with van der Waals surface area (Å²) in [6.07, 6.45) is 2.55. The number of ether oxygens (including phenoxy) is 1. The number of nitrogens with two attached hydrogens (primary N) is 1. The summed E-state index contributed by atoms with van der Waals surface area (Å²) in [4.78, 5) is 10.1. The second-order valence-corrected chi connectivity index (χ2v) is 4.10. The van der Waals surface area contributed by atoms with Crippen molar-refractivity contribution < 1.29 is 9.66 Å². The van der Waals surface area contributed by atoms with Crippen molar-refractivity contribution in [3.05, 3.63) is 51.8 Å². The molecular formula is C12H13N5O3. The number of methoxy groups -OCH3 is 1. The summed E-state index contributed by atoms with van der Waals surface area (Å²) >= 11 is 0. The van der Waals surface area contributed by atoms with Crippen molar-refractivity contribution in [2.24, 2.45) is 5.73 Å². The van der Waals surface area contributed by atoms with Crippen molar-refractivity contribution in [3.63, 3.8) is 0 Å². The van der Waals surface area contributed by atoms with Crippen LogP contribution in [-0.4, -0.2) is 27.6 Å². The summed E-state index contributed by atoms with van der Waals surface area (Å²) in [7, 11) is 1.49. The highest BCUT2D eigenvalue weighted by Gasteiger charge is 2.11. The molecule has 104 valence electrons. The predicted molar refractivity (Wildman–Crippen MR) is 72.0 cm³/mol. The van der Waals surface area contributed by atoms with Crippen molar-refractivity contribution in [3.8, 4) is 5.75 Å². The number of nitrogen functional groups attached to an aromatic ring is 1. The zero-order chi connectivity index (χ0) is 14.7. The number of amidine groups is 1. The number of hydrogen-bond acceptors (Lipinski definition) is 5. The highest BCUT2D eigenvalue weighted by Crippen LogP contribution is 2.20. The SMILES string of the molecule is COc1cc(Cn2cc([N+](=O)[O-])cn2)ccc1C(=N)N. The highest BCUT2D eigenvalue weighted by molar-refractivity contribution is 5.97. The Labute approximate surface area is 114 Å². The number of aromatic nitrogens is 2. The first-order chi connectivity index (χ1) is 9.51. The van der Waals surface area contributed by atoms with E-state index in [-0.39, 0.29) is 11.5 Å². The van der Waals surface area contributed by atoms with Gasteiger partial charge in [-0.05, 0) is 17.7 Å². The molecule has 0 amide bonds. The minimum Gasteiger partial charge on any atom is -0.496 e. The maximum atomic E-state index is 10.6. The van der Waals surface area contributed by atoms with E-state index in [2.05, 4.69) is 5.10 Å². The largest absolute Gasteiger partial charge is 0.496 e. The van der Waals surface area contributed by atoms with Crippen LogP contribution in [0, 0.1) is 15.5 Å². The summed E-state index contributed by atoms with van der Waals surface area (Å²) in [6, 6.07) is 5.17. The van der Waals surface area contributed by atoms with Gasteiger partial charge in [0, 0.05) is 0 Å². The molecule has 0 spiro atoms. The van der Waals surface area contributed by atoms with Gasteiger partial charge in [-0.2, -0.15) is 5.10 Å². The molecule has 1 aromatic carbocycles. The Hall–Kier alpha value is -2.90. The van der Waals surface area contributed by atoms with Gasteiger partial charge in [0.1, 0.15) is 24.0 Å². The molecule has 0 aliphatic carbocycles. The van der Waals surface area contributed by atoms with Crippen molar-refractivity contribution in [2.75, 3.05) is 7.11 Å². The second-order valence-electron chi connectivity index (χ2n) is 4.10. The topological polar surface area (TPSA) is 120 Å². The lowest BCUT2D eigenvalue weighted by molar-refractivity contribution is -0.385. The van der Waals surface area contributed by atoms with Gasteiger partial charge in [0.25, 0.3) is 0 Å². The Bertz CT molecular complexity index is 665. The third-order valence-corrected chi connectivity index (χ3v) is 2.73. The van der Waals surface area contributed by atoms with Crippen LogP contribution < -0.4 is 10.5 Å². The molecule has 0 atom stereocenters. The molecule has 3 N–H and O–H groups in total. The molecule has 2 aromatic rings. The molecule has 8 nitrogen and oxygen atoms in total. The number of nitrogens with zero attached hydrogens (tertiary/aromatic N) is 3. The monoisotopic (exact) mass is 275 g/mol. The van der Waals surface area contributed by atoms with E-state index in [0.29, 0.717) is 17.9 Å². The maximum absolute atomic E-state index is 10.6. The van der Waals surface area contributed by atoms with Crippen LogP contribution in [0.15, 0.2) is 30.6 Å². The van der Waals surface area contributed by atoms with Gasteiger partial charge in [0.05, 0.1) is 24.1 Å². The molecule has 0 radical (unpaired) electrons. The molecule has 0 fully saturated rings. The average molecular weight is 275 g/mol. The molecule has 1 heterocycles. The quantitative estimate of drug-likeness (QED) is 0.367. The Morgan fingerprint density at radius 2 is 2.35 bits per heavy atom. The minimum atomic E-state index is -0.497. The molecule has 0 aliphatic rings. The van der Waals surface area contributed by atoms with Crippen molar-refractivity contribution in [2.45, 2.75) is 6.54 Å². The fraction of sp³-hybridized carbons (Fsp3) is 0.167. The summed E-state index contributed by atoms with van der Waals surface area (Å²) < 4.78 is 6.63. The molecule has 0 saturated heterocycles. The summed E-state index contributed by atoms with van der Waals surface area (Å²) in [5.41, 5.74) is 6.72. The highest BCUT2D eigenvalue weighted by atomic mass is 16.6. The van der Waals surface area contributed by atoms with Crippen molar-refractivity contribution in [1.29, 1.82) is 5.41 Å². The molecule has 8 heteroatoms. The van der Waals surface area contributed by atoms with E-state index >= 15 is 0 Å². The van der Waals surface area contributed by atoms with Gasteiger partial charge in [-0.1, -0.05) is 6.07 Å². The lowest BCUT2D eigenvalue weighted by Crippen LogP contribution is -2.13. The summed E-state index contributed by atoms with van der Waals surface area (Å²) in [5.74, 6) is 0.403. The fourth-order valence-electron chi connectivity index (χ4n) is 1.78. The van der Waals surface area contributed by atoms with Crippen LogP contribution in [0.3, 0.4) is 0 Å². The van der Waals surface area contributed by atoms with E-state index < -0.39 is 4.92 Å². The standard InChI is InChI=1S/C12H13N5O3/c1-20-11-4-8(2-3-10(11)12(13)14)6-16-7-9(5-15-16)17(18)19/h2-5,7H,6H2,1H3,(H3,13,14). The van der Waals surface area contributed by atoms with Crippen molar-refractivity contribution in [1.82, 2.24) is 9.78 Å². The van der Waals surface area contributed by atoms with E-state index in [1.165, 1.54) is 24.2 Å². The van der Waals surface area contributed by atoms with E-state index in [1.807, 2.05) is 0 Å². The van der Waals surface area contributed by atoms with Gasteiger partial charge in [-0.25, -0.2) is 0 Å². The lowest BCUT2D eigenvalue weighted by Gasteiger charge is -2.09. The number of hydrogen-bond donors (Lipinski definition) is 2. The summed E-state index contributed by atoms with van der Waals surface area (Å²) in [6.45, 7) is 0.363. The van der Waals surface area contributed by atoms with E-state index in [9.17, 15) is 10.1 Å². The minimum absolute atomic E-state index is 0.0580. The Kier molecular flexibility index (Phi) is 3.65. The molecule has 0 aliphatic heterocycles. The average Bonchev–Trinajstić information content (AvgIpc) is 2.87. The van der Waals surface area contributed by atoms with Crippen LogP contribution >= 0.6 is 0 Å². The maximum Gasteiger partial charge on any atom is 0.307 e. The Morgan fingerprint density at radius 3 is 2.90 bits per heavy atom. The molecule has 0 saturated carbocycles. The van der Waals surface area contributed by atoms with Crippen molar-refractivity contribution >= 4 is 11.5 Å². The molecule has 0 bridgehead atoms. The number of benzene rings is 1. The third-order valence-electron chi connectivity index (χ3n) is 2.73. The number of nitrogens with one attached hydrogen (secondary N) is 1. The Balaban J connectivity index is 2.25. The normalized spacial score (nSPS) is 10.2. The first-order valence-electron chi connectivity index (χ1n) is 5.69. The van der Waals surface area contributed by atoms with Gasteiger partial charge in [-0.15, -0.1) is 0 Å². The zero-order valence-corrected chi connectivity index (χ0v) is 10.7. The van der Waals surface area contributed by atoms with Crippen LogP contribution in [-0.2, 0) is 6.54 Å². The first kappa shape index (κ1) is 13.5. The second kappa shape index (κ2) is 5.39. The van der Waals surface area contributed by atoms with Gasteiger partial charge in [0.15, 0.2) is 0 Å². The van der Waals surface area contributed by atoms with Gasteiger partial charge in [-0.3, -0.25) is 20.2 Å². The molecular weight excluding hydrogens is 262 g/mol. The third kappa shape index (κ3) is 2.74. The molecule has 2 rings (SSSR count). The van der Waals surface area contributed by atoms with Crippen LogP contribution in [0.2, 0.25) is 0 Å². The first-order valence-corrected chi connectivity index (χ1v) is 5.69. The fourth-order valence-corrected chi connectivity index (χ4v) is 1.78.